The van der Waals surface area contributed by atoms with Crippen molar-refractivity contribution in [3.63, 3.8) is 0 Å². The Labute approximate surface area is 136 Å². The summed E-state index contributed by atoms with van der Waals surface area (Å²) < 4.78 is 10.2. The zero-order valence-corrected chi connectivity index (χ0v) is 12.9. The van der Waals surface area contributed by atoms with Crippen LogP contribution < -0.4 is 14.8 Å². The van der Waals surface area contributed by atoms with Crippen molar-refractivity contribution in [3.8, 4) is 11.5 Å². The van der Waals surface area contributed by atoms with E-state index in [1.165, 1.54) is 25.3 Å². The van der Waals surface area contributed by atoms with E-state index in [4.69, 9.17) is 21.1 Å². The van der Waals surface area contributed by atoms with Gasteiger partial charge in [0.2, 0.25) is 0 Å². The van der Waals surface area contributed by atoms with Crippen molar-refractivity contribution >= 4 is 28.9 Å². The first kappa shape index (κ1) is 16.6. The van der Waals surface area contributed by atoms with Gasteiger partial charge in [-0.1, -0.05) is 11.6 Å². The van der Waals surface area contributed by atoms with Crippen LogP contribution in [-0.2, 0) is 4.79 Å². The number of nitrogens with zero attached hydrogens (tertiary/aromatic N) is 1. The predicted octanol–water partition coefficient (Wildman–Crippen LogP) is 3.27. The Balaban J connectivity index is 1.98. The summed E-state index contributed by atoms with van der Waals surface area (Å²) in [5.41, 5.74) is 0.0473. The van der Waals surface area contributed by atoms with E-state index in [1.54, 1.807) is 24.3 Å². The molecule has 7 nitrogen and oxygen atoms in total. The second-order valence-electron chi connectivity index (χ2n) is 4.43. The molecule has 2 rings (SSSR count). The summed E-state index contributed by atoms with van der Waals surface area (Å²) in [6.07, 6.45) is 0. The summed E-state index contributed by atoms with van der Waals surface area (Å²) >= 11 is 5.75. The van der Waals surface area contributed by atoms with E-state index in [-0.39, 0.29) is 23.7 Å². The standard InChI is InChI=1S/C15H13ClN2O5/c1-22-14-7-4-11(8-13(14)18(20)21)17-15(19)9-23-12-5-2-10(16)3-6-12/h2-8H,9H2,1H3,(H,17,19). The van der Waals surface area contributed by atoms with E-state index in [9.17, 15) is 14.9 Å². The molecule has 0 unspecified atom stereocenters. The zero-order valence-electron chi connectivity index (χ0n) is 12.1. The third kappa shape index (κ3) is 4.58. The van der Waals surface area contributed by atoms with Crippen LogP contribution in [0.5, 0.6) is 11.5 Å². The van der Waals surface area contributed by atoms with Gasteiger partial charge in [-0.3, -0.25) is 14.9 Å². The normalized spacial score (nSPS) is 10.0. The van der Waals surface area contributed by atoms with Crippen LogP contribution in [0.2, 0.25) is 5.02 Å². The topological polar surface area (TPSA) is 90.7 Å². The first-order valence-corrected chi connectivity index (χ1v) is 6.88. The monoisotopic (exact) mass is 336 g/mol. The number of amides is 1. The Bertz CT molecular complexity index is 718. The van der Waals surface area contributed by atoms with Gasteiger partial charge in [0.05, 0.1) is 12.0 Å². The number of halogens is 1. The second kappa shape index (κ2) is 7.46. The number of methoxy groups -OCH3 is 1. The molecule has 120 valence electrons. The largest absolute Gasteiger partial charge is 0.490 e. The molecule has 0 fully saturated rings. The van der Waals surface area contributed by atoms with Crippen molar-refractivity contribution in [2.75, 3.05) is 19.0 Å². The van der Waals surface area contributed by atoms with Gasteiger partial charge in [-0.05, 0) is 36.4 Å². The maximum absolute atomic E-state index is 11.8. The number of nitro benzene ring substituents is 1. The number of carbonyl (C=O) groups excluding carboxylic acids is 1. The van der Waals surface area contributed by atoms with Crippen molar-refractivity contribution in [3.05, 3.63) is 57.6 Å². The van der Waals surface area contributed by atoms with E-state index in [2.05, 4.69) is 5.32 Å². The lowest BCUT2D eigenvalue weighted by Crippen LogP contribution is -2.20. The molecule has 0 aliphatic carbocycles. The van der Waals surface area contributed by atoms with Crippen molar-refractivity contribution in [2.24, 2.45) is 0 Å². The average molecular weight is 337 g/mol. The number of rotatable bonds is 6. The lowest BCUT2D eigenvalue weighted by molar-refractivity contribution is -0.385. The molecule has 0 radical (unpaired) electrons. The maximum atomic E-state index is 11.8. The highest BCUT2D eigenvalue weighted by Crippen LogP contribution is 2.29. The Kier molecular flexibility index (Phi) is 5.37. The molecule has 1 N–H and O–H groups in total. The lowest BCUT2D eigenvalue weighted by atomic mass is 10.2. The Morgan fingerprint density at radius 3 is 2.57 bits per heavy atom. The molecule has 0 aromatic heterocycles. The van der Waals surface area contributed by atoms with Gasteiger partial charge in [0.15, 0.2) is 12.4 Å². The van der Waals surface area contributed by atoms with Gasteiger partial charge in [0.25, 0.3) is 5.91 Å². The molecule has 0 bridgehead atoms. The maximum Gasteiger partial charge on any atom is 0.312 e. The number of nitro groups is 1. The van der Waals surface area contributed by atoms with Crippen molar-refractivity contribution < 1.29 is 19.2 Å². The molecule has 23 heavy (non-hydrogen) atoms. The number of hydrogen-bond acceptors (Lipinski definition) is 5. The average Bonchev–Trinajstić information content (AvgIpc) is 2.54. The zero-order chi connectivity index (χ0) is 16.8. The van der Waals surface area contributed by atoms with Gasteiger partial charge in [0, 0.05) is 16.8 Å². The van der Waals surface area contributed by atoms with Gasteiger partial charge in [-0.15, -0.1) is 0 Å². The van der Waals surface area contributed by atoms with E-state index < -0.39 is 10.8 Å². The summed E-state index contributed by atoms with van der Waals surface area (Å²) in [7, 11) is 1.33. The SMILES string of the molecule is COc1ccc(NC(=O)COc2ccc(Cl)cc2)cc1[N+](=O)[O-]. The molecule has 2 aromatic rings. The molecule has 0 saturated heterocycles. The first-order chi connectivity index (χ1) is 11.0. The molecule has 0 atom stereocenters. The quantitative estimate of drug-likeness (QED) is 0.645. The number of nitrogens with one attached hydrogen (secondary N) is 1. The molecule has 0 saturated carbocycles. The summed E-state index contributed by atoms with van der Waals surface area (Å²) in [4.78, 5) is 22.2. The summed E-state index contributed by atoms with van der Waals surface area (Å²) in [5, 5.41) is 14.0. The minimum atomic E-state index is -0.585. The third-order valence-corrected chi connectivity index (χ3v) is 3.09. The van der Waals surface area contributed by atoms with Gasteiger partial charge >= 0.3 is 5.69 Å². The van der Waals surface area contributed by atoms with E-state index in [0.29, 0.717) is 10.8 Å². The highest BCUT2D eigenvalue weighted by molar-refractivity contribution is 6.30. The first-order valence-electron chi connectivity index (χ1n) is 6.50. The summed E-state index contributed by atoms with van der Waals surface area (Å²) in [6.45, 7) is -0.235. The number of benzene rings is 2. The molecule has 0 aliphatic rings. The number of ether oxygens (including phenoxy) is 2. The molecule has 2 aromatic carbocycles. The fourth-order valence-corrected chi connectivity index (χ4v) is 1.91. The minimum absolute atomic E-state index is 0.116. The lowest BCUT2D eigenvalue weighted by Gasteiger charge is -2.08. The minimum Gasteiger partial charge on any atom is -0.490 e. The number of hydrogen-bond donors (Lipinski definition) is 1. The van der Waals surface area contributed by atoms with Crippen molar-refractivity contribution in [2.45, 2.75) is 0 Å². The van der Waals surface area contributed by atoms with E-state index in [1.807, 2.05) is 0 Å². The van der Waals surface area contributed by atoms with Crippen LogP contribution in [-0.4, -0.2) is 24.5 Å². The Hall–Kier alpha value is -2.80. The van der Waals surface area contributed by atoms with Gasteiger partial charge in [-0.2, -0.15) is 0 Å². The Morgan fingerprint density at radius 1 is 1.26 bits per heavy atom. The molecule has 8 heteroatoms. The van der Waals surface area contributed by atoms with Gasteiger partial charge < -0.3 is 14.8 Å². The molecule has 0 spiro atoms. The number of carbonyl (C=O) groups is 1. The van der Waals surface area contributed by atoms with E-state index >= 15 is 0 Å². The fraction of sp³-hybridized carbons (Fsp3) is 0.133. The Morgan fingerprint density at radius 2 is 1.96 bits per heavy atom. The molecular formula is C15H13ClN2O5. The van der Waals surface area contributed by atoms with Crippen LogP contribution in [0.15, 0.2) is 42.5 Å². The summed E-state index contributed by atoms with van der Waals surface area (Å²) in [6, 6.07) is 10.7. The molecule has 0 aliphatic heterocycles. The summed E-state index contributed by atoms with van der Waals surface area (Å²) in [5.74, 6) is 0.162. The van der Waals surface area contributed by atoms with Crippen LogP contribution >= 0.6 is 11.6 Å². The predicted molar refractivity (Wildman–Crippen MR) is 85.2 cm³/mol. The van der Waals surface area contributed by atoms with Crippen LogP contribution in [0, 0.1) is 10.1 Å². The highest BCUT2D eigenvalue weighted by Gasteiger charge is 2.16. The van der Waals surface area contributed by atoms with E-state index in [0.717, 1.165) is 0 Å². The van der Waals surface area contributed by atoms with Crippen molar-refractivity contribution in [1.82, 2.24) is 0 Å². The van der Waals surface area contributed by atoms with Crippen LogP contribution in [0.25, 0.3) is 0 Å². The molecule has 1 amide bonds. The fourth-order valence-electron chi connectivity index (χ4n) is 1.79. The van der Waals surface area contributed by atoms with Gasteiger partial charge in [0.1, 0.15) is 5.75 Å². The molecular weight excluding hydrogens is 324 g/mol. The molecule has 0 heterocycles. The third-order valence-electron chi connectivity index (χ3n) is 2.84. The smallest absolute Gasteiger partial charge is 0.312 e. The van der Waals surface area contributed by atoms with Crippen LogP contribution in [0.1, 0.15) is 0 Å². The highest BCUT2D eigenvalue weighted by atomic mass is 35.5. The van der Waals surface area contributed by atoms with Crippen LogP contribution in [0.4, 0.5) is 11.4 Å². The van der Waals surface area contributed by atoms with Crippen LogP contribution in [0.3, 0.4) is 0 Å². The van der Waals surface area contributed by atoms with Crippen molar-refractivity contribution in [1.29, 1.82) is 0 Å². The second-order valence-corrected chi connectivity index (χ2v) is 4.87. The van der Waals surface area contributed by atoms with Gasteiger partial charge in [-0.25, -0.2) is 0 Å². The number of anilines is 1.